The van der Waals surface area contributed by atoms with E-state index in [0.717, 1.165) is 28.8 Å². The molecule has 0 spiro atoms. The third-order valence-corrected chi connectivity index (χ3v) is 4.01. The highest BCUT2D eigenvalue weighted by Gasteiger charge is 2.06. The second-order valence-corrected chi connectivity index (χ2v) is 6.08. The van der Waals surface area contributed by atoms with Gasteiger partial charge in [-0.2, -0.15) is 0 Å². The summed E-state index contributed by atoms with van der Waals surface area (Å²) < 4.78 is 0. The second kappa shape index (κ2) is 9.98. The highest BCUT2D eigenvalue weighted by Crippen LogP contribution is 2.09. The molecule has 0 aliphatic heterocycles. The van der Waals surface area contributed by atoms with Crippen molar-refractivity contribution in [1.29, 1.82) is 5.41 Å². The van der Waals surface area contributed by atoms with Crippen molar-refractivity contribution in [2.45, 2.75) is 13.1 Å². The van der Waals surface area contributed by atoms with Gasteiger partial charge < -0.3 is 26.3 Å². The first-order valence-electron chi connectivity index (χ1n) is 9.03. The first kappa shape index (κ1) is 19.2. The van der Waals surface area contributed by atoms with Crippen molar-refractivity contribution in [3.8, 4) is 0 Å². The van der Waals surface area contributed by atoms with Crippen molar-refractivity contribution in [2.24, 2.45) is 0 Å². The molecule has 0 saturated heterocycles. The van der Waals surface area contributed by atoms with E-state index in [4.69, 9.17) is 5.41 Å². The molecule has 1 aromatic carbocycles. The van der Waals surface area contributed by atoms with Gasteiger partial charge in [0.2, 0.25) is 0 Å². The Bertz CT molecular complexity index is 916. The number of hydrogen-bond donors (Lipinski definition) is 5. The van der Waals surface area contributed by atoms with E-state index in [-0.39, 0.29) is 11.5 Å². The molecule has 0 unspecified atom stereocenters. The number of imidazole rings is 1. The summed E-state index contributed by atoms with van der Waals surface area (Å²) in [6.45, 7) is 2.26. The van der Waals surface area contributed by atoms with E-state index < -0.39 is 0 Å². The normalized spacial score (nSPS) is 11.4. The average Bonchev–Trinajstić information content (AvgIpc) is 3.15. The molecule has 8 heteroatoms. The average molecular weight is 377 g/mol. The molecule has 3 aromatic rings. The van der Waals surface area contributed by atoms with Gasteiger partial charge in [-0.1, -0.05) is 18.2 Å². The molecule has 2 heterocycles. The minimum atomic E-state index is -0.316. The molecule has 3 rings (SSSR count). The molecule has 0 bridgehead atoms. The molecule has 0 radical (unpaired) electrons. The Morgan fingerprint density at radius 1 is 1.11 bits per heavy atom. The molecule has 0 saturated carbocycles. The van der Waals surface area contributed by atoms with Gasteiger partial charge in [-0.3, -0.25) is 9.78 Å². The van der Waals surface area contributed by atoms with Gasteiger partial charge >= 0.3 is 0 Å². The van der Waals surface area contributed by atoms with Gasteiger partial charge in [0.25, 0.3) is 5.91 Å². The van der Waals surface area contributed by atoms with Crippen LogP contribution in [0.25, 0.3) is 11.0 Å². The Hall–Kier alpha value is -3.52. The SMILES string of the molecule is N=C/C(=C\NCCNCc1nc2ccccc2[nH]1)C(=O)NCc1ccccn1. The van der Waals surface area contributed by atoms with Gasteiger partial charge in [0, 0.05) is 31.7 Å². The third-order valence-electron chi connectivity index (χ3n) is 4.01. The number of carbonyl (C=O) groups is 1. The van der Waals surface area contributed by atoms with Crippen LogP contribution in [0.2, 0.25) is 0 Å². The number of carbonyl (C=O) groups excluding carboxylic acids is 1. The van der Waals surface area contributed by atoms with Crippen LogP contribution in [-0.4, -0.2) is 40.2 Å². The monoisotopic (exact) mass is 377 g/mol. The molecule has 1 amide bonds. The predicted octanol–water partition coefficient (Wildman–Crippen LogP) is 1.49. The minimum absolute atomic E-state index is 0.258. The number of hydrogen-bond acceptors (Lipinski definition) is 6. The van der Waals surface area contributed by atoms with Crippen LogP contribution in [0.3, 0.4) is 0 Å². The van der Waals surface area contributed by atoms with Gasteiger partial charge in [0.1, 0.15) is 5.82 Å². The molecule has 0 atom stereocenters. The fourth-order valence-corrected chi connectivity index (χ4v) is 2.59. The molecule has 0 aliphatic rings. The number of aromatic nitrogens is 3. The number of aromatic amines is 1. The van der Waals surface area contributed by atoms with Crippen LogP contribution in [0, 0.1) is 5.41 Å². The molecular formula is C20H23N7O. The summed E-state index contributed by atoms with van der Waals surface area (Å²) in [6, 6.07) is 13.4. The van der Waals surface area contributed by atoms with Gasteiger partial charge in [-0.05, 0) is 24.3 Å². The van der Waals surface area contributed by atoms with Crippen LogP contribution in [0.15, 0.2) is 60.4 Å². The molecule has 8 nitrogen and oxygen atoms in total. The fraction of sp³-hybridized carbons (Fsp3) is 0.200. The summed E-state index contributed by atoms with van der Waals surface area (Å²) in [5.41, 5.74) is 3.00. The first-order chi connectivity index (χ1) is 13.8. The topological polar surface area (TPSA) is 119 Å². The van der Waals surface area contributed by atoms with Crippen LogP contribution in [0.5, 0.6) is 0 Å². The standard InChI is InChI=1S/C20H23N7O/c21-11-15(20(28)25-13-16-5-3-4-8-24-16)12-22-9-10-23-14-19-26-17-6-1-2-7-18(17)27-19/h1-8,11-12,21-23H,9-10,13-14H2,(H,25,28)(H,26,27)/b15-12+,21-11?. The summed E-state index contributed by atoms with van der Waals surface area (Å²) in [5.74, 6) is 0.564. The fourth-order valence-electron chi connectivity index (χ4n) is 2.59. The summed E-state index contributed by atoms with van der Waals surface area (Å²) in [5, 5.41) is 16.5. The Kier molecular flexibility index (Phi) is 6.86. The van der Waals surface area contributed by atoms with E-state index in [9.17, 15) is 4.79 Å². The highest BCUT2D eigenvalue weighted by atomic mass is 16.1. The number of nitrogens with one attached hydrogen (secondary N) is 5. The number of para-hydroxylation sites is 2. The molecular weight excluding hydrogens is 354 g/mol. The number of amides is 1. The van der Waals surface area contributed by atoms with E-state index in [1.807, 2.05) is 42.5 Å². The molecule has 0 fully saturated rings. The summed E-state index contributed by atoms with van der Waals surface area (Å²) >= 11 is 0. The van der Waals surface area contributed by atoms with Gasteiger partial charge in [0.05, 0.1) is 35.4 Å². The number of nitrogens with zero attached hydrogens (tertiary/aromatic N) is 2. The Labute approximate surface area is 163 Å². The highest BCUT2D eigenvalue weighted by molar-refractivity contribution is 6.11. The molecule has 2 aromatic heterocycles. The van der Waals surface area contributed by atoms with E-state index in [1.165, 1.54) is 0 Å². The number of pyridine rings is 1. The molecule has 144 valence electrons. The third kappa shape index (κ3) is 5.49. The summed E-state index contributed by atoms with van der Waals surface area (Å²) in [7, 11) is 0. The van der Waals surface area contributed by atoms with Gasteiger partial charge in [-0.25, -0.2) is 4.98 Å². The van der Waals surface area contributed by atoms with Crippen LogP contribution < -0.4 is 16.0 Å². The van der Waals surface area contributed by atoms with E-state index in [2.05, 4.69) is 30.9 Å². The van der Waals surface area contributed by atoms with Crippen LogP contribution >= 0.6 is 0 Å². The number of H-pyrrole nitrogens is 1. The number of benzene rings is 1. The van der Waals surface area contributed by atoms with E-state index in [1.54, 1.807) is 12.4 Å². The van der Waals surface area contributed by atoms with E-state index >= 15 is 0 Å². The maximum atomic E-state index is 12.1. The first-order valence-corrected chi connectivity index (χ1v) is 9.03. The van der Waals surface area contributed by atoms with Crippen molar-refractivity contribution in [1.82, 2.24) is 30.9 Å². The Morgan fingerprint density at radius 3 is 2.75 bits per heavy atom. The predicted molar refractivity (Wildman–Crippen MR) is 109 cm³/mol. The van der Waals surface area contributed by atoms with Crippen molar-refractivity contribution in [2.75, 3.05) is 13.1 Å². The molecule has 0 aliphatic carbocycles. The summed E-state index contributed by atoms with van der Waals surface area (Å²) in [6.07, 6.45) is 4.25. The lowest BCUT2D eigenvalue weighted by atomic mass is 10.2. The summed E-state index contributed by atoms with van der Waals surface area (Å²) in [4.78, 5) is 24.0. The Balaban J connectivity index is 1.37. The van der Waals surface area contributed by atoms with Crippen LogP contribution in [0.4, 0.5) is 0 Å². The zero-order chi connectivity index (χ0) is 19.6. The lowest BCUT2D eigenvalue weighted by Gasteiger charge is -2.07. The molecule has 28 heavy (non-hydrogen) atoms. The largest absolute Gasteiger partial charge is 0.389 e. The number of fused-ring (bicyclic) bond motifs is 1. The maximum Gasteiger partial charge on any atom is 0.254 e. The van der Waals surface area contributed by atoms with Gasteiger partial charge in [0.15, 0.2) is 0 Å². The zero-order valence-electron chi connectivity index (χ0n) is 15.4. The van der Waals surface area contributed by atoms with Crippen molar-refractivity contribution in [3.05, 3.63) is 72.0 Å². The van der Waals surface area contributed by atoms with E-state index in [0.29, 0.717) is 26.2 Å². The maximum absolute atomic E-state index is 12.1. The van der Waals surface area contributed by atoms with Crippen LogP contribution in [-0.2, 0) is 17.9 Å². The van der Waals surface area contributed by atoms with Crippen molar-refractivity contribution < 1.29 is 4.79 Å². The quantitative estimate of drug-likeness (QED) is 0.208. The van der Waals surface area contributed by atoms with Crippen molar-refractivity contribution >= 4 is 23.2 Å². The Morgan fingerprint density at radius 2 is 1.96 bits per heavy atom. The van der Waals surface area contributed by atoms with Crippen LogP contribution in [0.1, 0.15) is 11.5 Å². The van der Waals surface area contributed by atoms with Gasteiger partial charge in [-0.15, -0.1) is 0 Å². The lowest BCUT2D eigenvalue weighted by Crippen LogP contribution is -2.28. The lowest BCUT2D eigenvalue weighted by molar-refractivity contribution is -0.117. The molecule has 5 N–H and O–H groups in total. The second-order valence-electron chi connectivity index (χ2n) is 6.08. The number of rotatable bonds is 10. The smallest absolute Gasteiger partial charge is 0.254 e. The van der Waals surface area contributed by atoms with Crippen molar-refractivity contribution in [3.63, 3.8) is 0 Å². The zero-order valence-corrected chi connectivity index (χ0v) is 15.4. The minimum Gasteiger partial charge on any atom is -0.389 e.